The molecule has 1 saturated carbocycles. The summed E-state index contributed by atoms with van der Waals surface area (Å²) in [6.07, 6.45) is 5.92. The summed E-state index contributed by atoms with van der Waals surface area (Å²) in [5.74, 6) is 2.05. The second-order valence-corrected chi connectivity index (χ2v) is 6.81. The topological polar surface area (TPSA) is 71.3 Å². The lowest BCUT2D eigenvalue weighted by Gasteiger charge is -2.35. The molecule has 6 heteroatoms. The number of aromatic nitrogens is 2. The van der Waals surface area contributed by atoms with E-state index in [9.17, 15) is 4.79 Å². The fraction of sp³-hybridized carbons (Fsp3) is 0.812. The van der Waals surface area contributed by atoms with Gasteiger partial charge >= 0.3 is 0 Å². The first-order valence-electron chi connectivity index (χ1n) is 8.49. The van der Waals surface area contributed by atoms with Gasteiger partial charge in [-0.3, -0.25) is 9.69 Å². The Morgan fingerprint density at radius 1 is 1.27 bits per heavy atom. The molecular formula is C16H26N4O2. The highest BCUT2D eigenvalue weighted by Gasteiger charge is 2.31. The van der Waals surface area contributed by atoms with E-state index in [1.165, 1.54) is 19.3 Å². The second-order valence-electron chi connectivity index (χ2n) is 6.81. The van der Waals surface area contributed by atoms with E-state index >= 15 is 0 Å². The van der Waals surface area contributed by atoms with Gasteiger partial charge in [-0.1, -0.05) is 20.3 Å². The van der Waals surface area contributed by atoms with Crippen molar-refractivity contribution in [2.45, 2.75) is 64.5 Å². The highest BCUT2D eigenvalue weighted by Crippen LogP contribution is 2.38. The molecule has 0 bridgehead atoms. The van der Waals surface area contributed by atoms with Crippen molar-refractivity contribution in [2.75, 3.05) is 13.1 Å². The number of nitrogens with one attached hydrogen (secondary N) is 1. The molecule has 3 rings (SSSR count). The van der Waals surface area contributed by atoms with Gasteiger partial charge in [0.2, 0.25) is 17.7 Å². The first-order valence-corrected chi connectivity index (χ1v) is 8.49. The summed E-state index contributed by atoms with van der Waals surface area (Å²) in [5, 5.41) is 11.0. The van der Waals surface area contributed by atoms with E-state index < -0.39 is 0 Å². The Labute approximate surface area is 131 Å². The van der Waals surface area contributed by atoms with Gasteiger partial charge in [-0.2, -0.15) is 0 Å². The van der Waals surface area contributed by atoms with Crippen LogP contribution in [0.4, 0.5) is 0 Å². The number of piperidine rings is 1. The van der Waals surface area contributed by atoms with Gasteiger partial charge in [-0.15, -0.1) is 10.2 Å². The molecule has 1 unspecified atom stereocenters. The molecule has 1 amide bonds. The van der Waals surface area contributed by atoms with Crippen LogP contribution in [0.5, 0.6) is 0 Å². The number of hydrogen-bond acceptors (Lipinski definition) is 5. The third-order valence-electron chi connectivity index (χ3n) is 4.51. The fourth-order valence-corrected chi connectivity index (χ4v) is 3.19. The van der Waals surface area contributed by atoms with E-state index in [0.717, 1.165) is 31.8 Å². The van der Waals surface area contributed by atoms with Crippen LogP contribution in [-0.2, 0) is 11.3 Å². The van der Waals surface area contributed by atoms with Gasteiger partial charge in [0, 0.05) is 5.92 Å². The normalized spacial score (nSPS) is 21.0. The summed E-state index contributed by atoms with van der Waals surface area (Å²) in [7, 11) is 0. The predicted octanol–water partition coefficient (Wildman–Crippen LogP) is 2.07. The number of rotatable bonds is 6. The average Bonchev–Trinajstić information content (AvgIpc) is 3.25. The van der Waals surface area contributed by atoms with Crippen LogP contribution in [0.25, 0.3) is 0 Å². The molecule has 1 aliphatic carbocycles. The molecule has 1 atom stereocenters. The highest BCUT2D eigenvalue weighted by molar-refractivity contribution is 5.81. The fourth-order valence-electron chi connectivity index (χ4n) is 3.19. The third kappa shape index (κ3) is 3.66. The van der Waals surface area contributed by atoms with Crippen LogP contribution in [0.1, 0.15) is 63.7 Å². The van der Waals surface area contributed by atoms with Crippen molar-refractivity contribution in [1.29, 1.82) is 0 Å². The van der Waals surface area contributed by atoms with Crippen molar-refractivity contribution in [3.63, 3.8) is 0 Å². The maximum absolute atomic E-state index is 12.6. The summed E-state index contributed by atoms with van der Waals surface area (Å²) >= 11 is 0. The first-order chi connectivity index (χ1) is 10.6. The first kappa shape index (κ1) is 15.5. The molecule has 1 aromatic heterocycles. The van der Waals surface area contributed by atoms with Gasteiger partial charge in [0.25, 0.3) is 0 Å². The molecule has 2 fully saturated rings. The Morgan fingerprint density at radius 2 is 2.00 bits per heavy atom. The zero-order valence-corrected chi connectivity index (χ0v) is 13.5. The van der Waals surface area contributed by atoms with Crippen molar-refractivity contribution >= 4 is 5.91 Å². The minimum absolute atomic E-state index is 0.0638. The number of likely N-dealkylation sites (tertiary alicyclic amines) is 1. The minimum Gasteiger partial charge on any atom is -0.423 e. The van der Waals surface area contributed by atoms with Gasteiger partial charge in [-0.05, 0) is 44.7 Å². The number of carbonyl (C=O) groups is 1. The Kier molecular flexibility index (Phi) is 4.76. The Bertz CT molecular complexity index is 504. The molecular weight excluding hydrogens is 280 g/mol. The average molecular weight is 306 g/mol. The molecule has 0 aromatic carbocycles. The van der Waals surface area contributed by atoms with Gasteiger partial charge < -0.3 is 9.73 Å². The van der Waals surface area contributed by atoms with E-state index in [4.69, 9.17) is 4.42 Å². The molecule has 22 heavy (non-hydrogen) atoms. The second kappa shape index (κ2) is 6.77. The van der Waals surface area contributed by atoms with Crippen molar-refractivity contribution in [3.05, 3.63) is 11.8 Å². The van der Waals surface area contributed by atoms with E-state index in [0.29, 0.717) is 24.3 Å². The van der Waals surface area contributed by atoms with Crippen molar-refractivity contribution in [2.24, 2.45) is 5.92 Å². The smallest absolute Gasteiger partial charge is 0.238 e. The van der Waals surface area contributed by atoms with Crippen LogP contribution in [0.2, 0.25) is 0 Å². The lowest BCUT2D eigenvalue weighted by Crippen LogP contribution is -2.51. The zero-order chi connectivity index (χ0) is 15.5. The largest absolute Gasteiger partial charge is 0.423 e. The van der Waals surface area contributed by atoms with E-state index in [1.807, 2.05) is 0 Å². The predicted molar refractivity (Wildman–Crippen MR) is 82.2 cm³/mol. The molecule has 122 valence electrons. The SMILES string of the molecule is CC(C)C(C(=O)NCc1nnc(C2CC2)o1)N1CCCCC1. The van der Waals surface area contributed by atoms with Crippen LogP contribution in [0.3, 0.4) is 0 Å². The van der Waals surface area contributed by atoms with E-state index in [2.05, 4.69) is 34.3 Å². The number of carbonyl (C=O) groups excluding carboxylic acids is 1. The lowest BCUT2D eigenvalue weighted by molar-refractivity contribution is -0.128. The van der Waals surface area contributed by atoms with Crippen LogP contribution in [0, 0.1) is 5.92 Å². The molecule has 1 saturated heterocycles. The number of amides is 1. The summed E-state index contributed by atoms with van der Waals surface area (Å²) in [6.45, 7) is 6.58. The Balaban J connectivity index is 1.55. The van der Waals surface area contributed by atoms with E-state index in [1.54, 1.807) is 0 Å². The molecule has 2 aliphatic rings. The summed E-state index contributed by atoms with van der Waals surface area (Å²) < 4.78 is 5.59. The van der Waals surface area contributed by atoms with Crippen LogP contribution in [0.15, 0.2) is 4.42 Å². The molecule has 2 heterocycles. The van der Waals surface area contributed by atoms with Gasteiger partial charge in [-0.25, -0.2) is 0 Å². The highest BCUT2D eigenvalue weighted by atomic mass is 16.4. The Morgan fingerprint density at radius 3 is 2.64 bits per heavy atom. The van der Waals surface area contributed by atoms with Crippen LogP contribution >= 0.6 is 0 Å². The number of nitrogens with zero attached hydrogens (tertiary/aromatic N) is 3. The van der Waals surface area contributed by atoms with Gasteiger partial charge in [0.15, 0.2) is 0 Å². The van der Waals surface area contributed by atoms with E-state index in [-0.39, 0.29) is 11.9 Å². The van der Waals surface area contributed by atoms with Crippen molar-refractivity contribution in [3.8, 4) is 0 Å². The van der Waals surface area contributed by atoms with Crippen LogP contribution in [-0.4, -0.2) is 40.1 Å². The van der Waals surface area contributed by atoms with Crippen molar-refractivity contribution < 1.29 is 9.21 Å². The van der Waals surface area contributed by atoms with Crippen molar-refractivity contribution in [1.82, 2.24) is 20.4 Å². The van der Waals surface area contributed by atoms with Gasteiger partial charge in [0.05, 0.1) is 12.6 Å². The minimum atomic E-state index is -0.0638. The maximum Gasteiger partial charge on any atom is 0.238 e. The molecule has 0 spiro atoms. The zero-order valence-electron chi connectivity index (χ0n) is 13.5. The molecule has 1 aromatic rings. The van der Waals surface area contributed by atoms with Crippen LogP contribution < -0.4 is 5.32 Å². The van der Waals surface area contributed by atoms with Gasteiger partial charge in [0.1, 0.15) is 0 Å². The molecule has 0 radical (unpaired) electrons. The summed E-state index contributed by atoms with van der Waals surface area (Å²) in [4.78, 5) is 14.9. The molecule has 6 nitrogen and oxygen atoms in total. The molecule has 1 aliphatic heterocycles. The standard InChI is InChI=1S/C16H26N4O2/c1-11(2)14(20-8-4-3-5-9-20)15(21)17-10-13-18-19-16(22-13)12-6-7-12/h11-12,14H,3-10H2,1-2H3,(H,17,21). The number of hydrogen-bond donors (Lipinski definition) is 1. The lowest BCUT2D eigenvalue weighted by atomic mass is 9.98. The third-order valence-corrected chi connectivity index (χ3v) is 4.51. The molecule has 1 N–H and O–H groups in total. The summed E-state index contributed by atoms with van der Waals surface area (Å²) in [6, 6.07) is -0.0638. The maximum atomic E-state index is 12.6. The summed E-state index contributed by atoms with van der Waals surface area (Å²) in [5.41, 5.74) is 0. The Hall–Kier alpha value is -1.43. The monoisotopic (exact) mass is 306 g/mol. The quantitative estimate of drug-likeness (QED) is 0.871.